The zero-order valence-corrected chi connectivity index (χ0v) is 17.4. The lowest BCUT2D eigenvalue weighted by Gasteiger charge is -2.04. The summed E-state index contributed by atoms with van der Waals surface area (Å²) in [5.74, 6) is 2.03. The number of ketones is 1. The van der Waals surface area contributed by atoms with Gasteiger partial charge in [-0.2, -0.15) is 0 Å². The third-order valence-corrected chi connectivity index (χ3v) is 5.39. The van der Waals surface area contributed by atoms with E-state index < -0.39 is 0 Å². The summed E-state index contributed by atoms with van der Waals surface area (Å²) in [6.07, 6.45) is 0. The molecule has 0 unspecified atom stereocenters. The van der Waals surface area contributed by atoms with E-state index in [4.69, 9.17) is 8.94 Å². The van der Waals surface area contributed by atoms with E-state index in [9.17, 15) is 4.79 Å². The molecule has 0 amide bonds. The number of hydrogen-bond donors (Lipinski definition) is 0. The fourth-order valence-electron chi connectivity index (χ4n) is 3.22. The number of rotatable bonds is 6. The minimum absolute atomic E-state index is 0.00938. The molecule has 29 heavy (non-hydrogen) atoms. The van der Waals surface area contributed by atoms with Crippen molar-refractivity contribution in [2.45, 2.75) is 32.9 Å². The Morgan fingerprint density at radius 3 is 2.66 bits per heavy atom. The van der Waals surface area contributed by atoms with Crippen molar-refractivity contribution in [1.29, 1.82) is 0 Å². The largest absolute Gasteiger partial charge is 0.411 e. The molecule has 0 aliphatic heterocycles. The molecule has 0 aliphatic rings. The van der Waals surface area contributed by atoms with Crippen LogP contribution in [0.2, 0.25) is 0 Å². The molecule has 0 atom stereocenters. The SMILES string of the molecule is Cc1cccc(-c2nnc(SCC(=O)c3cc(C)n(-c4cc(C)on4)c3C)o2)c1. The van der Waals surface area contributed by atoms with Crippen LogP contribution in [0.5, 0.6) is 0 Å². The summed E-state index contributed by atoms with van der Waals surface area (Å²) >= 11 is 1.23. The number of Topliss-reactive ketones (excluding diaryl/α,β-unsaturated/α-hetero) is 1. The van der Waals surface area contributed by atoms with Gasteiger partial charge in [-0.05, 0) is 45.9 Å². The standard InChI is InChI=1S/C21H20N4O3S/c1-12-6-5-7-16(8-12)20-22-23-21(27-20)29-11-18(26)17-9-13(2)25(15(17)4)19-10-14(3)28-24-19/h5-10H,11H2,1-4H3. The summed E-state index contributed by atoms with van der Waals surface area (Å²) in [7, 11) is 0. The van der Waals surface area contributed by atoms with E-state index in [2.05, 4.69) is 15.4 Å². The summed E-state index contributed by atoms with van der Waals surface area (Å²) in [5.41, 5.74) is 4.37. The zero-order chi connectivity index (χ0) is 20.5. The van der Waals surface area contributed by atoms with Crippen LogP contribution < -0.4 is 0 Å². The summed E-state index contributed by atoms with van der Waals surface area (Å²) in [4.78, 5) is 12.8. The molecule has 7 nitrogen and oxygen atoms in total. The van der Waals surface area contributed by atoms with Crippen LogP contribution in [0.4, 0.5) is 0 Å². The number of aromatic nitrogens is 4. The van der Waals surface area contributed by atoms with E-state index in [-0.39, 0.29) is 11.5 Å². The lowest BCUT2D eigenvalue weighted by atomic mass is 10.1. The van der Waals surface area contributed by atoms with Crippen molar-refractivity contribution in [2.75, 3.05) is 5.75 Å². The molecule has 148 valence electrons. The van der Waals surface area contributed by atoms with Crippen LogP contribution in [-0.2, 0) is 0 Å². The van der Waals surface area contributed by atoms with Crippen LogP contribution in [0.15, 0.2) is 50.6 Å². The monoisotopic (exact) mass is 408 g/mol. The van der Waals surface area contributed by atoms with Gasteiger partial charge in [-0.3, -0.25) is 9.36 Å². The maximum Gasteiger partial charge on any atom is 0.277 e. The zero-order valence-electron chi connectivity index (χ0n) is 16.6. The van der Waals surface area contributed by atoms with Crippen molar-refractivity contribution in [3.63, 3.8) is 0 Å². The highest BCUT2D eigenvalue weighted by atomic mass is 32.2. The normalized spacial score (nSPS) is 11.2. The fraction of sp³-hybridized carbons (Fsp3) is 0.238. The van der Waals surface area contributed by atoms with Crippen molar-refractivity contribution in [3.05, 3.63) is 64.7 Å². The highest BCUT2D eigenvalue weighted by Gasteiger charge is 2.19. The number of hydrogen-bond acceptors (Lipinski definition) is 7. The van der Waals surface area contributed by atoms with Crippen LogP contribution in [0.3, 0.4) is 0 Å². The fourth-order valence-corrected chi connectivity index (χ4v) is 3.87. The second kappa shape index (κ2) is 7.71. The molecule has 0 fully saturated rings. The van der Waals surface area contributed by atoms with Gasteiger partial charge in [0, 0.05) is 28.6 Å². The second-order valence-corrected chi connectivity index (χ2v) is 7.80. The van der Waals surface area contributed by atoms with Gasteiger partial charge in [-0.15, -0.1) is 10.2 Å². The maximum atomic E-state index is 12.8. The number of nitrogens with zero attached hydrogens (tertiary/aromatic N) is 4. The molecule has 0 radical (unpaired) electrons. The summed E-state index contributed by atoms with van der Waals surface area (Å²) < 4.78 is 12.8. The molecular weight excluding hydrogens is 388 g/mol. The van der Waals surface area contributed by atoms with Gasteiger partial charge in [0.2, 0.25) is 5.89 Å². The molecule has 1 aromatic carbocycles. The van der Waals surface area contributed by atoms with Gasteiger partial charge in [0.25, 0.3) is 5.22 Å². The minimum Gasteiger partial charge on any atom is -0.411 e. The van der Waals surface area contributed by atoms with Crippen LogP contribution in [0, 0.1) is 27.7 Å². The molecule has 3 heterocycles. The van der Waals surface area contributed by atoms with Crippen molar-refractivity contribution in [2.24, 2.45) is 0 Å². The van der Waals surface area contributed by atoms with Crippen LogP contribution >= 0.6 is 11.8 Å². The quantitative estimate of drug-likeness (QED) is 0.337. The Kier molecular flexibility index (Phi) is 5.10. The Morgan fingerprint density at radius 2 is 1.93 bits per heavy atom. The molecule has 0 bridgehead atoms. The molecule has 8 heteroatoms. The first-order valence-electron chi connectivity index (χ1n) is 9.11. The molecule has 0 saturated heterocycles. The molecule has 4 aromatic rings. The van der Waals surface area contributed by atoms with Crippen LogP contribution in [0.25, 0.3) is 17.3 Å². The van der Waals surface area contributed by atoms with E-state index in [1.54, 1.807) is 0 Å². The van der Waals surface area contributed by atoms with E-state index in [1.807, 2.05) is 68.7 Å². The van der Waals surface area contributed by atoms with Gasteiger partial charge in [0.15, 0.2) is 11.6 Å². The van der Waals surface area contributed by atoms with Gasteiger partial charge in [-0.1, -0.05) is 34.6 Å². The van der Waals surface area contributed by atoms with Gasteiger partial charge < -0.3 is 8.94 Å². The lowest BCUT2D eigenvalue weighted by Crippen LogP contribution is -2.05. The first kappa shape index (κ1) is 19.2. The highest BCUT2D eigenvalue weighted by molar-refractivity contribution is 7.99. The Balaban J connectivity index is 1.48. The number of carbonyl (C=O) groups is 1. The van der Waals surface area contributed by atoms with Crippen molar-refractivity contribution >= 4 is 17.5 Å². The van der Waals surface area contributed by atoms with Gasteiger partial charge in [0.1, 0.15) is 5.76 Å². The van der Waals surface area contributed by atoms with Crippen molar-refractivity contribution in [1.82, 2.24) is 19.9 Å². The molecule has 3 aromatic heterocycles. The summed E-state index contributed by atoms with van der Waals surface area (Å²) in [5, 5.41) is 12.6. The molecule has 4 rings (SSSR count). The Bertz CT molecular complexity index is 1190. The van der Waals surface area contributed by atoms with Crippen LogP contribution in [0.1, 0.15) is 33.1 Å². The maximum absolute atomic E-state index is 12.8. The predicted molar refractivity (Wildman–Crippen MR) is 110 cm³/mol. The average Bonchev–Trinajstić information content (AvgIpc) is 3.39. The first-order valence-corrected chi connectivity index (χ1v) is 10.1. The number of thioether (sulfide) groups is 1. The third kappa shape index (κ3) is 3.88. The third-order valence-electron chi connectivity index (χ3n) is 4.57. The van der Waals surface area contributed by atoms with E-state index in [1.165, 1.54) is 11.8 Å². The Labute approximate surface area is 172 Å². The Hall–Kier alpha value is -3.13. The topological polar surface area (TPSA) is 87.0 Å². The van der Waals surface area contributed by atoms with Crippen LogP contribution in [-0.4, -0.2) is 31.5 Å². The van der Waals surface area contributed by atoms with E-state index >= 15 is 0 Å². The van der Waals surface area contributed by atoms with E-state index in [0.717, 1.165) is 28.3 Å². The number of carbonyl (C=O) groups excluding carboxylic acids is 1. The van der Waals surface area contributed by atoms with Gasteiger partial charge in [-0.25, -0.2) is 0 Å². The number of benzene rings is 1. The predicted octanol–water partition coefficient (Wildman–Crippen LogP) is 4.72. The number of aryl methyl sites for hydroxylation is 3. The van der Waals surface area contributed by atoms with Gasteiger partial charge in [0.05, 0.1) is 5.75 Å². The molecular formula is C21H20N4O3S. The second-order valence-electron chi connectivity index (χ2n) is 6.87. The van der Waals surface area contributed by atoms with E-state index in [0.29, 0.717) is 22.5 Å². The molecule has 0 spiro atoms. The van der Waals surface area contributed by atoms with Crippen molar-refractivity contribution in [3.8, 4) is 17.3 Å². The average molecular weight is 408 g/mol. The Morgan fingerprint density at radius 1 is 1.10 bits per heavy atom. The molecule has 0 saturated carbocycles. The minimum atomic E-state index is -0.00938. The summed E-state index contributed by atoms with van der Waals surface area (Å²) in [6, 6.07) is 11.6. The highest BCUT2D eigenvalue weighted by Crippen LogP contribution is 2.26. The van der Waals surface area contributed by atoms with Gasteiger partial charge >= 0.3 is 0 Å². The molecule has 0 aliphatic carbocycles. The smallest absolute Gasteiger partial charge is 0.277 e. The first-order chi connectivity index (χ1) is 13.9. The summed E-state index contributed by atoms with van der Waals surface area (Å²) in [6.45, 7) is 7.68. The lowest BCUT2D eigenvalue weighted by molar-refractivity contribution is 0.102. The van der Waals surface area contributed by atoms with Crippen molar-refractivity contribution < 1.29 is 13.7 Å². The molecule has 0 N–H and O–H groups in total.